The van der Waals surface area contributed by atoms with Crippen LogP contribution in [-0.4, -0.2) is 15.3 Å². The minimum absolute atomic E-state index is 0.280. The molecule has 2 N–H and O–H groups in total. The van der Waals surface area contributed by atoms with E-state index in [9.17, 15) is 5.11 Å². The van der Waals surface area contributed by atoms with Crippen LogP contribution >= 0.6 is 0 Å². The van der Waals surface area contributed by atoms with Crippen molar-refractivity contribution < 1.29 is 5.11 Å². The molecule has 0 amide bonds. The van der Waals surface area contributed by atoms with Crippen molar-refractivity contribution in [1.29, 1.82) is 0 Å². The van der Waals surface area contributed by atoms with Gasteiger partial charge in [-0.05, 0) is 49.1 Å². The van der Waals surface area contributed by atoms with E-state index in [1.165, 1.54) is 5.56 Å². The second-order valence-corrected chi connectivity index (χ2v) is 4.62. The Morgan fingerprint density at radius 3 is 2.37 bits per heavy atom. The van der Waals surface area contributed by atoms with Gasteiger partial charge in [0.25, 0.3) is 0 Å². The van der Waals surface area contributed by atoms with Gasteiger partial charge in [-0.15, -0.1) is 5.10 Å². The van der Waals surface area contributed by atoms with Crippen molar-refractivity contribution in [2.24, 2.45) is 0 Å². The second-order valence-electron chi connectivity index (χ2n) is 4.62. The normalized spacial score (nSPS) is 10.5. The van der Waals surface area contributed by atoms with Crippen LogP contribution in [0.25, 0.3) is 0 Å². The summed E-state index contributed by atoms with van der Waals surface area (Å²) in [4.78, 5) is 0. The highest BCUT2D eigenvalue weighted by atomic mass is 16.3. The predicted octanol–water partition coefficient (Wildman–Crippen LogP) is 2.97. The molecule has 0 aliphatic carbocycles. The van der Waals surface area contributed by atoms with Gasteiger partial charge in [-0.2, -0.15) is 5.10 Å². The van der Waals surface area contributed by atoms with Crippen LogP contribution in [0, 0.1) is 13.8 Å². The average molecular weight is 257 g/mol. The number of nitrogens with zero attached hydrogens (tertiary/aromatic N) is 2. The lowest BCUT2D eigenvalue weighted by Gasteiger charge is -2.12. The number of nitrogens with one attached hydrogen (secondary N) is 1. The molecule has 0 atom stereocenters. The first-order chi connectivity index (χ1) is 9.11. The molecule has 4 heteroatoms. The van der Waals surface area contributed by atoms with E-state index < -0.39 is 0 Å². The molecule has 4 nitrogen and oxygen atoms in total. The third-order valence-electron chi connectivity index (χ3n) is 3.35. The first-order valence-electron chi connectivity index (χ1n) is 6.46. The molecule has 0 saturated carbocycles. The maximum Gasteiger partial charge on any atom is 0.152 e. The lowest BCUT2D eigenvalue weighted by Crippen LogP contribution is -2.08. The number of hydrogen-bond donors (Lipinski definition) is 2. The number of aromatic nitrogens is 2. The Balaban J connectivity index is 2.11. The zero-order valence-electron chi connectivity index (χ0n) is 11.6. The third kappa shape index (κ3) is 3.02. The third-order valence-corrected chi connectivity index (χ3v) is 3.35. The molecule has 0 aliphatic heterocycles. The number of phenolic OH excluding ortho intramolecular Hbond substituents is 1. The van der Waals surface area contributed by atoms with E-state index in [1.807, 2.05) is 12.1 Å². The van der Waals surface area contributed by atoms with Crippen LogP contribution in [0.1, 0.15) is 29.3 Å². The quantitative estimate of drug-likeness (QED) is 0.884. The minimum Gasteiger partial charge on any atom is -0.508 e. The number of benzene rings is 1. The summed E-state index contributed by atoms with van der Waals surface area (Å²) >= 11 is 0. The number of rotatable bonds is 4. The summed E-state index contributed by atoms with van der Waals surface area (Å²) in [7, 11) is 0. The summed E-state index contributed by atoms with van der Waals surface area (Å²) in [6.07, 6.45) is 0.901. The fourth-order valence-corrected chi connectivity index (χ4v) is 1.96. The van der Waals surface area contributed by atoms with E-state index in [1.54, 1.807) is 12.1 Å². The van der Waals surface area contributed by atoms with Crippen molar-refractivity contribution in [3.05, 3.63) is 46.6 Å². The van der Waals surface area contributed by atoms with Crippen LogP contribution in [-0.2, 0) is 13.0 Å². The van der Waals surface area contributed by atoms with Crippen LogP contribution in [0.15, 0.2) is 24.3 Å². The Hall–Kier alpha value is -2.10. The van der Waals surface area contributed by atoms with Crippen LogP contribution in [0.3, 0.4) is 0 Å². The number of phenols is 1. The van der Waals surface area contributed by atoms with Crippen molar-refractivity contribution in [2.45, 2.75) is 33.7 Å². The highest BCUT2D eigenvalue weighted by Gasteiger charge is 2.07. The summed E-state index contributed by atoms with van der Waals surface area (Å²) in [5.41, 5.74) is 4.49. The molecule has 0 unspecified atom stereocenters. The molecule has 2 aromatic rings. The lowest BCUT2D eigenvalue weighted by molar-refractivity contribution is 0.475. The number of aryl methyl sites for hydroxylation is 1. The first-order valence-corrected chi connectivity index (χ1v) is 6.46. The maximum atomic E-state index is 9.24. The van der Waals surface area contributed by atoms with E-state index in [0.717, 1.165) is 29.1 Å². The van der Waals surface area contributed by atoms with Gasteiger partial charge in [0.1, 0.15) is 5.75 Å². The average Bonchev–Trinajstić information content (AvgIpc) is 2.42. The van der Waals surface area contributed by atoms with Crippen LogP contribution in [0.5, 0.6) is 5.75 Å². The first kappa shape index (κ1) is 13.3. The van der Waals surface area contributed by atoms with E-state index in [2.05, 4.69) is 36.3 Å². The SMILES string of the molecule is CCc1nnc(NCc2ccc(O)cc2)c(C)c1C. The smallest absolute Gasteiger partial charge is 0.152 e. The molecule has 0 spiro atoms. The van der Waals surface area contributed by atoms with E-state index in [0.29, 0.717) is 6.54 Å². The standard InChI is InChI=1S/C15H19N3O/c1-4-14-10(2)11(3)15(18-17-14)16-9-12-5-7-13(19)8-6-12/h5-8,19H,4,9H2,1-3H3,(H,16,18). The van der Waals surface area contributed by atoms with Gasteiger partial charge in [-0.25, -0.2) is 0 Å². The number of anilines is 1. The van der Waals surface area contributed by atoms with Crippen molar-refractivity contribution in [3.63, 3.8) is 0 Å². The molecule has 0 radical (unpaired) electrons. The summed E-state index contributed by atoms with van der Waals surface area (Å²) in [5, 5.41) is 21.0. The number of hydrogen-bond acceptors (Lipinski definition) is 4. The second kappa shape index (κ2) is 5.69. The van der Waals surface area contributed by atoms with Gasteiger partial charge in [-0.1, -0.05) is 19.1 Å². The Bertz CT molecular complexity index is 564. The van der Waals surface area contributed by atoms with Crippen molar-refractivity contribution in [1.82, 2.24) is 10.2 Å². The zero-order valence-corrected chi connectivity index (χ0v) is 11.6. The molecule has 1 aromatic carbocycles. The van der Waals surface area contributed by atoms with Gasteiger partial charge >= 0.3 is 0 Å². The maximum absolute atomic E-state index is 9.24. The molecule has 1 heterocycles. The monoisotopic (exact) mass is 257 g/mol. The lowest BCUT2D eigenvalue weighted by atomic mass is 10.1. The van der Waals surface area contributed by atoms with Crippen molar-refractivity contribution in [3.8, 4) is 5.75 Å². The van der Waals surface area contributed by atoms with Crippen LogP contribution in [0.2, 0.25) is 0 Å². The minimum atomic E-state index is 0.280. The highest BCUT2D eigenvalue weighted by Crippen LogP contribution is 2.18. The van der Waals surface area contributed by atoms with E-state index in [4.69, 9.17) is 0 Å². The fourth-order valence-electron chi connectivity index (χ4n) is 1.96. The van der Waals surface area contributed by atoms with Gasteiger partial charge in [-0.3, -0.25) is 0 Å². The summed E-state index contributed by atoms with van der Waals surface area (Å²) in [6, 6.07) is 7.14. The van der Waals surface area contributed by atoms with E-state index >= 15 is 0 Å². The van der Waals surface area contributed by atoms with Crippen LogP contribution < -0.4 is 5.32 Å². The summed E-state index contributed by atoms with van der Waals surface area (Å²) in [5.74, 6) is 1.10. The summed E-state index contributed by atoms with van der Waals surface area (Å²) < 4.78 is 0. The van der Waals surface area contributed by atoms with Gasteiger partial charge in [0.15, 0.2) is 5.82 Å². The Kier molecular flexibility index (Phi) is 4.00. The molecule has 0 saturated heterocycles. The zero-order chi connectivity index (χ0) is 13.8. The van der Waals surface area contributed by atoms with Crippen LogP contribution in [0.4, 0.5) is 5.82 Å². The predicted molar refractivity (Wildman–Crippen MR) is 76.3 cm³/mol. The van der Waals surface area contributed by atoms with Gasteiger partial charge in [0, 0.05) is 6.54 Å². The molecule has 0 fully saturated rings. The Labute approximate surface area is 113 Å². The Morgan fingerprint density at radius 2 is 1.74 bits per heavy atom. The molecule has 0 bridgehead atoms. The van der Waals surface area contributed by atoms with Gasteiger partial charge in [0.2, 0.25) is 0 Å². The van der Waals surface area contributed by atoms with Gasteiger partial charge in [0.05, 0.1) is 5.69 Å². The fraction of sp³-hybridized carbons (Fsp3) is 0.333. The molecule has 1 aromatic heterocycles. The summed E-state index contributed by atoms with van der Waals surface area (Å²) in [6.45, 7) is 6.89. The molecule has 0 aliphatic rings. The molecule has 2 rings (SSSR count). The highest BCUT2D eigenvalue weighted by molar-refractivity contribution is 5.48. The molecular formula is C15H19N3O. The molecular weight excluding hydrogens is 238 g/mol. The van der Waals surface area contributed by atoms with Crippen molar-refractivity contribution in [2.75, 3.05) is 5.32 Å². The van der Waals surface area contributed by atoms with E-state index in [-0.39, 0.29) is 5.75 Å². The molecule has 19 heavy (non-hydrogen) atoms. The number of aromatic hydroxyl groups is 1. The molecule has 100 valence electrons. The topological polar surface area (TPSA) is 58.0 Å². The van der Waals surface area contributed by atoms with Crippen molar-refractivity contribution >= 4 is 5.82 Å². The Morgan fingerprint density at radius 1 is 1.05 bits per heavy atom. The largest absolute Gasteiger partial charge is 0.508 e. The van der Waals surface area contributed by atoms with Gasteiger partial charge < -0.3 is 10.4 Å².